The maximum atomic E-state index is 11.5. The Bertz CT molecular complexity index is 420. The second-order valence-electron chi connectivity index (χ2n) is 6.90. The van der Waals surface area contributed by atoms with Gasteiger partial charge in [0.15, 0.2) is 0 Å². The number of aliphatic hydroxyl groups is 2. The average molecular weight is 292 g/mol. The van der Waals surface area contributed by atoms with Crippen molar-refractivity contribution in [3.8, 4) is 11.8 Å². The van der Waals surface area contributed by atoms with Crippen LogP contribution in [0.15, 0.2) is 0 Å². The highest BCUT2D eigenvalue weighted by Crippen LogP contribution is 2.45. The maximum absolute atomic E-state index is 11.5. The molecule has 2 N–H and O–H groups in total. The molecule has 2 saturated carbocycles. The van der Waals surface area contributed by atoms with Gasteiger partial charge >= 0.3 is 0 Å². The summed E-state index contributed by atoms with van der Waals surface area (Å²) in [5, 5.41) is 20.1. The Morgan fingerprint density at radius 1 is 1.38 bits per heavy atom. The number of rotatable bonds is 5. The molecule has 0 aliphatic heterocycles. The summed E-state index contributed by atoms with van der Waals surface area (Å²) in [4.78, 5) is 11.5. The van der Waals surface area contributed by atoms with Gasteiger partial charge in [0.2, 0.25) is 0 Å². The minimum absolute atomic E-state index is 0.119. The molecule has 0 aromatic rings. The fraction of sp³-hybridized carbons (Fsp3) is 0.833. The smallest absolute Gasteiger partial charge is 0.136 e. The van der Waals surface area contributed by atoms with Gasteiger partial charge in [-0.15, -0.1) is 0 Å². The van der Waals surface area contributed by atoms with E-state index < -0.39 is 12.2 Å². The Morgan fingerprint density at radius 3 is 2.81 bits per heavy atom. The van der Waals surface area contributed by atoms with Crippen LogP contribution in [0.1, 0.15) is 58.8 Å². The number of carbonyl (C=O) groups excluding carboxylic acids is 1. The predicted molar refractivity (Wildman–Crippen MR) is 82.4 cm³/mol. The minimum atomic E-state index is -0.611. The van der Waals surface area contributed by atoms with Gasteiger partial charge in [-0.3, -0.25) is 4.79 Å². The van der Waals surface area contributed by atoms with Gasteiger partial charge in [0.25, 0.3) is 0 Å². The van der Waals surface area contributed by atoms with Crippen molar-refractivity contribution >= 4 is 5.78 Å². The Hall–Kier alpha value is -0.850. The van der Waals surface area contributed by atoms with Crippen LogP contribution in [0.25, 0.3) is 0 Å². The van der Waals surface area contributed by atoms with E-state index >= 15 is 0 Å². The van der Waals surface area contributed by atoms with Crippen LogP contribution in [0, 0.1) is 35.5 Å². The number of hydrogen-bond acceptors (Lipinski definition) is 3. The van der Waals surface area contributed by atoms with Crippen LogP contribution in [0.4, 0.5) is 0 Å². The minimum Gasteiger partial charge on any atom is -0.392 e. The van der Waals surface area contributed by atoms with E-state index in [4.69, 9.17) is 0 Å². The second kappa shape index (κ2) is 7.42. The molecule has 0 unspecified atom stereocenters. The topological polar surface area (TPSA) is 57.5 Å². The molecule has 2 aliphatic carbocycles. The normalized spacial score (nSPS) is 34.2. The zero-order valence-corrected chi connectivity index (χ0v) is 13.2. The van der Waals surface area contributed by atoms with Gasteiger partial charge < -0.3 is 10.2 Å². The van der Waals surface area contributed by atoms with Crippen molar-refractivity contribution in [2.75, 3.05) is 0 Å². The molecule has 0 bridgehead atoms. The van der Waals surface area contributed by atoms with Crippen LogP contribution < -0.4 is 0 Å². The quantitative estimate of drug-likeness (QED) is 0.766. The molecule has 0 aromatic heterocycles. The Kier molecular flexibility index (Phi) is 5.84. The SMILES string of the molecule is CCCC[C@@H](C)C[C@H](O)C#C[C@H]1[C@@H]2CC(=O)[C@@H]2CC[C@H]1O. The molecule has 6 atom stereocenters. The standard InChI is InChI=1S/C18H28O3/c1-3-4-5-12(2)10-13(19)6-7-14-16-11-18(21)15(16)8-9-17(14)20/h12-17,19-20H,3-5,8-11H2,1-2H3/t12-,13-,14+,15-,16+,17-/m1/s1. The third-order valence-electron chi connectivity index (χ3n) is 5.11. The Labute approximate surface area is 128 Å². The van der Waals surface area contributed by atoms with Gasteiger partial charge in [0, 0.05) is 12.3 Å². The lowest BCUT2D eigenvalue weighted by molar-refractivity contribution is -0.141. The first kappa shape index (κ1) is 16.5. The molecule has 0 heterocycles. The summed E-state index contributed by atoms with van der Waals surface area (Å²) < 4.78 is 0. The molecule has 0 aromatic carbocycles. The fourth-order valence-corrected chi connectivity index (χ4v) is 3.68. The predicted octanol–water partition coefficient (Wildman–Crippen LogP) is 2.54. The number of hydrogen-bond donors (Lipinski definition) is 2. The lowest BCUT2D eigenvalue weighted by atomic mass is 9.59. The summed E-state index contributed by atoms with van der Waals surface area (Å²) in [5.41, 5.74) is 0. The van der Waals surface area contributed by atoms with Crippen molar-refractivity contribution in [1.82, 2.24) is 0 Å². The van der Waals surface area contributed by atoms with Crippen LogP contribution in [0.3, 0.4) is 0 Å². The fourth-order valence-electron chi connectivity index (χ4n) is 3.68. The highest BCUT2D eigenvalue weighted by atomic mass is 16.3. The van der Waals surface area contributed by atoms with Crippen LogP contribution >= 0.6 is 0 Å². The molecule has 2 fully saturated rings. The van der Waals surface area contributed by atoms with E-state index in [2.05, 4.69) is 25.7 Å². The van der Waals surface area contributed by atoms with E-state index in [0.717, 1.165) is 12.8 Å². The van der Waals surface area contributed by atoms with E-state index in [1.54, 1.807) is 0 Å². The molecule has 0 spiro atoms. The van der Waals surface area contributed by atoms with Gasteiger partial charge in [-0.05, 0) is 31.1 Å². The molecular weight excluding hydrogens is 264 g/mol. The van der Waals surface area contributed by atoms with E-state index in [1.165, 1.54) is 12.8 Å². The van der Waals surface area contributed by atoms with Crippen molar-refractivity contribution in [1.29, 1.82) is 0 Å². The van der Waals surface area contributed by atoms with Crippen molar-refractivity contribution < 1.29 is 15.0 Å². The molecule has 2 aliphatic rings. The third-order valence-corrected chi connectivity index (χ3v) is 5.11. The molecular formula is C18H28O3. The summed E-state index contributed by atoms with van der Waals surface area (Å²) in [6.45, 7) is 4.32. The first-order chi connectivity index (χ1) is 10.0. The van der Waals surface area contributed by atoms with E-state index in [0.29, 0.717) is 31.0 Å². The van der Waals surface area contributed by atoms with Gasteiger partial charge in [-0.25, -0.2) is 0 Å². The monoisotopic (exact) mass is 292 g/mol. The van der Waals surface area contributed by atoms with Crippen LogP contribution in [0.2, 0.25) is 0 Å². The van der Waals surface area contributed by atoms with Crippen molar-refractivity contribution in [2.45, 2.75) is 71.0 Å². The zero-order valence-electron chi connectivity index (χ0n) is 13.2. The summed E-state index contributed by atoms with van der Waals surface area (Å²) >= 11 is 0. The average Bonchev–Trinajstić information content (AvgIpc) is 2.43. The Morgan fingerprint density at radius 2 is 2.14 bits per heavy atom. The lowest BCUT2D eigenvalue weighted by Crippen LogP contribution is -2.49. The number of ketones is 1. The van der Waals surface area contributed by atoms with Gasteiger partial charge in [0.1, 0.15) is 11.9 Å². The van der Waals surface area contributed by atoms with Gasteiger partial charge in [-0.1, -0.05) is 45.0 Å². The molecule has 2 rings (SSSR count). The largest absolute Gasteiger partial charge is 0.392 e. The van der Waals surface area contributed by atoms with E-state index in [1.807, 2.05) is 0 Å². The summed E-state index contributed by atoms with van der Waals surface area (Å²) in [6, 6.07) is 0. The highest BCUT2D eigenvalue weighted by molar-refractivity contribution is 5.87. The third kappa shape index (κ3) is 4.08. The van der Waals surface area contributed by atoms with Crippen LogP contribution in [-0.2, 0) is 4.79 Å². The van der Waals surface area contributed by atoms with Crippen molar-refractivity contribution in [3.63, 3.8) is 0 Å². The molecule has 0 amide bonds. The van der Waals surface area contributed by atoms with E-state index in [9.17, 15) is 15.0 Å². The first-order valence-corrected chi connectivity index (χ1v) is 8.42. The number of unbranched alkanes of at least 4 members (excludes halogenated alkanes) is 1. The number of carbonyl (C=O) groups is 1. The highest BCUT2D eigenvalue weighted by Gasteiger charge is 2.48. The van der Waals surface area contributed by atoms with Gasteiger partial charge in [-0.2, -0.15) is 0 Å². The van der Waals surface area contributed by atoms with Crippen LogP contribution in [-0.4, -0.2) is 28.2 Å². The number of aliphatic hydroxyl groups excluding tert-OH is 2. The second-order valence-corrected chi connectivity index (χ2v) is 6.90. The van der Waals surface area contributed by atoms with E-state index in [-0.39, 0.29) is 17.8 Å². The summed E-state index contributed by atoms with van der Waals surface area (Å²) in [5.74, 6) is 7.02. The lowest BCUT2D eigenvalue weighted by Gasteiger charge is -2.44. The zero-order chi connectivity index (χ0) is 15.4. The van der Waals surface area contributed by atoms with Crippen molar-refractivity contribution in [2.24, 2.45) is 23.7 Å². The Balaban J connectivity index is 1.86. The number of Topliss-reactive ketones (excluding diaryl/α,β-unsaturated/α-hetero) is 1. The van der Waals surface area contributed by atoms with Gasteiger partial charge in [0.05, 0.1) is 12.0 Å². The summed E-state index contributed by atoms with van der Waals surface area (Å²) in [6.07, 6.45) is 5.17. The molecule has 0 radical (unpaired) electrons. The number of fused-ring (bicyclic) bond motifs is 1. The van der Waals surface area contributed by atoms with Crippen LogP contribution in [0.5, 0.6) is 0 Å². The molecule has 118 valence electrons. The summed E-state index contributed by atoms with van der Waals surface area (Å²) in [7, 11) is 0. The first-order valence-electron chi connectivity index (χ1n) is 8.42. The molecule has 3 heteroatoms. The molecule has 21 heavy (non-hydrogen) atoms. The molecule has 0 saturated heterocycles. The maximum Gasteiger partial charge on any atom is 0.136 e. The van der Waals surface area contributed by atoms with Crippen molar-refractivity contribution in [3.05, 3.63) is 0 Å². The molecule has 3 nitrogen and oxygen atoms in total.